The summed E-state index contributed by atoms with van der Waals surface area (Å²) in [5.74, 6) is 0.141. The second kappa shape index (κ2) is 6.12. The predicted octanol–water partition coefficient (Wildman–Crippen LogP) is 2.29. The molecule has 1 heterocycles. The molecule has 0 saturated heterocycles. The first-order valence-electron chi connectivity index (χ1n) is 6.16. The quantitative estimate of drug-likeness (QED) is 0.644. The normalized spacial score (nSPS) is 10.4. The minimum atomic E-state index is -0.419. The highest BCUT2D eigenvalue weighted by molar-refractivity contribution is 5.34. The third-order valence-electron chi connectivity index (χ3n) is 2.83. The summed E-state index contributed by atoms with van der Waals surface area (Å²) in [5, 5.41) is 23.4. The first kappa shape index (κ1) is 14.0. The zero-order chi connectivity index (χ0) is 14.5. The van der Waals surface area contributed by atoms with E-state index in [9.17, 15) is 15.2 Å². The molecular formula is C14H15N3O3. The minimum absolute atomic E-state index is 0.0702. The van der Waals surface area contributed by atoms with E-state index in [0.717, 1.165) is 11.3 Å². The second-order valence-electron chi connectivity index (χ2n) is 4.45. The molecule has 0 radical (unpaired) electrons. The average Bonchev–Trinajstić information content (AvgIpc) is 2.43. The second-order valence-corrected chi connectivity index (χ2v) is 4.45. The van der Waals surface area contributed by atoms with Crippen molar-refractivity contribution >= 4 is 5.69 Å². The number of pyridine rings is 1. The highest BCUT2D eigenvalue weighted by atomic mass is 16.6. The Hall–Kier alpha value is -2.47. The van der Waals surface area contributed by atoms with Crippen molar-refractivity contribution in [2.45, 2.75) is 20.0 Å². The van der Waals surface area contributed by atoms with Crippen molar-refractivity contribution in [3.8, 4) is 5.75 Å². The van der Waals surface area contributed by atoms with Crippen LogP contribution in [-0.2, 0) is 13.1 Å². The Balaban J connectivity index is 1.97. The van der Waals surface area contributed by atoms with Crippen molar-refractivity contribution in [3.05, 3.63) is 63.5 Å². The lowest BCUT2D eigenvalue weighted by molar-refractivity contribution is -0.384. The van der Waals surface area contributed by atoms with Gasteiger partial charge < -0.3 is 10.4 Å². The third kappa shape index (κ3) is 3.52. The zero-order valence-electron chi connectivity index (χ0n) is 11.0. The van der Waals surface area contributed by atoms with Crippen LogP contribution in [-0.4, -0.2) is 15.0 Å². The molecular weight excluding hydrogens is 258 g/mol. The van der Waals surface area contributed by atoms with E-state index in [1.54, 1.807) is 18.2 Å². The number of hydrogen-bond donors (Lipinski definition) is 2. The van der Waals surface area contributed by atoms with Gasteiger partial charge in [0, 0.05) is 30.9 Å². The molecule has 20 heavy (non-hydrogen) atoms. The molecule has 6 heteroatoms. The van der Waals surface area contributed by atoms with Crippen LogP contribution in [0.15, 0.2) is 36.4 Å². The van der Waals surface area contributed by atoms with E-state index < -0.39 is 4.92 Å². The van der Waals surface area contributed by atoms with Crippen LogP contribution in [0.5, 0.6) is 5.75 Å². The molecule has 2 rings (SSSR count). The monoisotopic (exact) mass is 273 g/mol. The fourth-order valence-corrected chi connectivity index (χ4v) is 1.84. The van der Waals surface area contributed by atoms with Crippen LogP contribution in [0.25, 0.3) is 0 Å². The van der Waals surface area contributed by atoms with Gasteiger partial charge in [0.2, 0.25) is 0 Å². The van der Waals surface area contributed by atoms with Crippen molar-refractivity contribution in [2.75, 3.05) is 0 Å². The predicted molar refractivity (Wildman–Crippen MR) is 74.3 cm³/mol. The Morgan fingerprint density at radius 1 is 1.30 bits per heavy atom. The lowest BCUT2D eigenvalue weighted by Gasteiger charge is -2.07. The summed E-state index contributed by atoms with van der Waals surface area (Å²) in [4.78, 5) is 14.5. The zero-order valence-corrected chi connectivity index (χ0v) is 11.0. The van der Waals surface area contributed by atoms with Crippen LogP contribution in [0.2, 0.25) is 0 Å². The first-order valence-corrected chi connectivity index (χ1v) is 6.16. The van der Waals surface area contributed by atoms with Crippen LogP contribution < -0.4 is 5.32 Å². The summed E-state index contributed by atoms with van der Waals surface area (Å²) in [6, 6.07) is 9.78. The maximum atomic E-state index is 10.7. The first-order chi connectivity index (χ1) is 9.56. The van der Waals surface area contributed by atoms with Crippen molar-refractivity contribution in [1.82, 2.24) is 10.3 Å². The van der Waals surface area contributed by atoms with E-state index in [0.29, 0.717) is 18.8 Å². The largest absolute Gasteiger partial charge is 0.506 e. The molecule has 1 aromatic heterocycles. The van der Waals surface area contributed by atoms with E-state index in [-0.39, 0.29) is 11.4 Å². The van der Waals surface area contributed by atoms with Gasteiger partial charge in [-0.15, -0.1) is 0 Å². The standard InChI is InChI=1S/C14H15N3O3/c1-10-5-6-14(18)13(16-10)9-15-8-11-3-2-4-12(7-11)17(19)20/h2-7,15,18H,8-9H2,1H3. The molecule has 0 aliphatic rings. The van der Waals surface area contributed by atoms with Gasteiger partial charge in [0.1, 0.15) is 5.75 Å². The highest BCUT2D eigenvalue weighted by Gasteiger charge is 2.06. The molecule has 0 aliphatic carbocycles. The molecule has 0 aliphatic heterocycles. The van der Waals surface area contributed by atoms with Crippen molar-refractivity contribution in [3.63, 3.8) is 0 Å². The molecule has 1 aromatic carbocycles. The van der Waals surface area contributed by atoms with Crippen LogP contribution in [0.1, 0.15) is 17.0 Å². The fourth-order valence-electron chi connectivity index (χ4n) is 1.84. The van der Waals surface area contributed by atoms with Crippen LogP contribution >= 0.6 is 0 Å². The number of benzene rings is 1. The van der Waals surface area contributed by atoms with Gasteiger partial charge in [-0.1, -0.05) is 12.1 Å². The van der Waals surface area contributed by atoms with Gasteiger partial charge in [-0.3, -0.25) is 15.1 Å². The van der Waals surface area contributed by atoms with Gasteiger partial charge in [0.25, 0.3) is 5.69 Å². The number of nitrogens with zero attached hydrogens (tertiary/aromatic N) is 2. The van der Waals surface area contributed by atoms with Crippen LogP contribution in [0, 0.1) is 17.0 Å². The Morgan fingerprint density at radius 3 is 2.85 bits per heavy atom. The van der Waals surface area contributed by atoms with Gasteiger partial charge in [-0.25, -0.2) is 0 Å². The summed E-state index contributed by atoms with van der Waals surface area (Å²) in [7, 11) is 0. The maximum absolute atomic E-state index is 10.7. The Morgan fingerprint density at radius 2 is 2.10 bits per heavy atom. The Bertz CT molecular complexity index is 629. The number of nitro benzene ring substituents is 1. The van der Waals surface area contributed by atoms with Gasteiger partial charge in [0.05, 0.1) is 10.6 Å². The number of nitrogens with one attached hydrogen (secondary N) is 1. The Labute approximate surface area is 116 Å². The highest BCUT2D eigenvalue weighted by Crippen LogP contribution is 2.15. The molecule has 0 spiro atoms. The SMILES string of the molecule is Cc1ccc(O)c(CNCc2cccc([N+](=O)[O-])c2)n1. The molecule has 0 fully saturated rings. The molecule has 6 nitrogen and oxygen atoms in total. The number of aromatic hydroxyl groups is 1. The number of rotatable bonds is 5. The van der Waals surface area contributed by atoms with Crippen LogP contribution in [0.3, 0.4) is 0 Å². The number of aryl methyl sites for hydroxylation is 1. The van der Waals surface area contributed by atoms with E-state index in [1.807, 2.05) is 13.0 Å². The van der Waals surface area contributed by atoms with Gasteiger partial charge in [-0.2, -0.15) is 0 Å². The molecule has 2 N–H and O–H groups in total. The summed E-state index contributed by atoms with van der Waals surface area (Å²) < 4.78 is 0. The minimum Gasteiger partial charge on any atom is -0.506 e. The van der Waals surface area contributed by atoms with E-state index >= 15 is 0 Å². The number of hydrogen-bond acceptors (Lipinski definition) is 5. The molecule has 0 bridgehead atoms. The average molecular weight is 273 g/mol. The van der Waals surface area contributed by atoms with Crippen molar-refractivity contribution in [1.29, 1.82) is 0 Å². The van der Waals surface area contributed by atoms with Crippen molar-refractivity contribution < 1.29 is 10.0 Å². The lowest BCUT2D eigenvalue weighted by atomic mass is 10.2. The summed E-state index contributed by atoms with van der Waals surface area (Å²) >= 11 is 0. The van der Waals surface area contributed by atoms with E-state index in [2.05, 4.69) is 10.3 Å². The van der Waals surface area contributed by atoms with Gasteiger partial charge in [0.15, 0.2) is 0 Å². The molecule has 0 unspecified atom stereocenters. The maximum Gasteiger partial charge on any atom is 0.269 e. The van der Waals surface area contributed by atoms with E-state index in [1.165, 1.54) is 12.1 Å². The summed E-state index contributed by atoms with van der Waals surface area (Å²) in [6.07, 6.45) is 0. The molecule has 0 amide bonds. The molecule has 0 atom stereocenters. The molecule has 0 saturated carbocycles. The number of aromatic nitrogens is 1. The third-order valence-corrected chi connectivity index (χ3v) is 2.83. The topological polar surface area (TPSA) is 88.3 Å². The lowest BCUT2D eigenvalue weighted by Crippen LogP contribution is -2.14. The number of non-ortho nitro benzene ring substituents is 1. The smallest absolute Gasteiger partial charge is 0.269 e. The molecule has 104 valence electrons. The summed E-state index contributed by atoms with van der Waals surface area (Å²) in [5.41, 5.74) is 2.28. The van der Waals surface area contributed by atoms with Crippen LogP contribution in [0.4, 0.5) is 5.69 Å². The Kier molecular flexibility index (Phi) is 4.27. The molecule has 2 aromatic rings. The summed E-state index contributed by atoms with van der Waals surface area (Å²) in [6.45, 7) is 2.72. The fraction of sp³-hybridized carbons (Fsp3) is 0.214. The van der Waals surface area contributed by atoms with E-state index in [4.69, 9.17) is 0 Å². The van der Waals surface area contributed by atoms with Gasteiger partial charge >= 0.3 is 0 Å². The van der Waals surface area contributed by atoms with Gasteiger partial charge in [-0.05, 0) is 24.6 Å². The van der Waals surface area contributed by atoms with Crippen molar-refractivity contribution in [2.24, 2.45) is 0 Å². The number of nitro groups is 1.